The Morgan fingerprint density at radius 3 is 2.80 bits per heavy atom. The molecule has 0 spiro atoms. The van der Waals surface area contributed by atoms with Crippen molar-refractivity contribution >= 4 is 16.5 Å². The van der Waals surface area contributed by atoms with Crippen LogP contribution >= 0.6 is 11.3 Å². The maximum absolute atomic E-state index is 5.70. The fourth-order valence-corrected chi connectivity index (χ4v) is 3.72. The quantitative estimate of drug-likeness (QED) is 0.939. The van der Waals surface area contributed by atoms with Gasteiger partial charge in [-0.05, 0) is 43.8 Å². The van der Waals surface area contributed by atoms with Crippen LogP contribution in [0.15, 0.2) is 36.5 Å². The largest absolute Gasteiger partial charge is 0.375 e. The lowest BCUT2D eigenvalue weighted by molar-refractivity contribution is 0.278. The van der Waals surface area contributed by atoms with Crippen LogP contribution in [0.25, 0.3) is 0 Å². The molecule has 0 amide bonds. The molecule has 0 bridgehead atoms. The van der Waals surface area contributed by atoms with E-state index in [-0.39, 0.29) is 0 Å². The first-order valence-electron chi connectivity index (χ1n) is 7.29. The number of nitrogens with two attached hydrogens (primary N) is 1. The Labute approximate surface area is 124 Å². The second-order valence-corrected chi connectivity index (χ2v) is 6.63. The predicted molar refractivity (Wildman–Crippen MR) is 84.8 cm³/mol. The van der Waals surface area contributed by atoms with Crippen molar-refractivity contribution in [3.8, 4) is 0 Å². The van der Waals surface area contributed by atoms with Crippen molar-refractivity contribution in [3.63, 3.8) is 0 Å². The standard InChI is InChI=1S/C16H21N3S/c17-16-18-11-15(20-16)12-19-9-4-7-14(8-10-19)13-5-2-1-3-6-13/h1-3,5-6,11,14H,4,7-10,12H2,(H2,17,18). The highest BCUT2D eigenvalue weighted by Gasteiger charge is 2.18. The van der Waals surface area contributed by atoms with Crippen LogP contribution in [0.3, 0.4) is 0 Å². The number of nitrogens with zero attached hydrogens (tertiary/aromatic N) is 2. The van der Waals surface area contributed by atoms with E-state index in [9.17, 15) is 0 Å². The second kappa shape index (κ2) is 6.37. The van der Waals surface area contributed by atoms with E-state index in [4.69, 9.17) is 5.73 Å². The molecule has 3 nitrogen and oxygen atoms in total. The Hall–Kier alpha value is -1.39. The van der Waals surface area contributed by atoms with Gasteiger partial charge in [-0.15, -0.1) is 11.3 Å². The van der Waals surface area contributed by atoms with Crippen molar-refractivity contribution in [1.29, 1.82) is 0 Å². The summed E-state index contributed by atoms with van der Waals surface area (Å²) in [6.45, 7) is 3.34. The minimum atomic E-state index is 0.678. The van der Waals surface area contributed by atoms with Crippen LogP contribution in [0.1, 0.15) is 35.6 Å². The number of thiazole rings is 1. The first-order valence-corrected chi connectivity index (χ1v) is 8.10. The lowest BCUT2D eigenvalue weighted by Gasteiger charge is -2.19. The van der Waals surface area contributed by atoms with Gasteiger partial charge < -0.3 is 5.73 Å². The van der Waals surface area contributed by atoms with Gasteiger partial charge in [-0.2, -0.15) is 0 Å². The van der Waals surface area contributed by atoms with Gasteiger partial charge >= 0.3 is 0 Å². The molecule has 1 aromatic heterocycles. The summed E-state index contributed by atoms with van der Waals surface area (Å²) in [6.07, 6.45) is 5.73. The third kappa shape index (κ3) is 3.38. The Balaban J connectivity index is 1.59. The van der Waals surface area contributed by atoms with E-state index in [1.54, 1.807) is 11.3 Å². The van der Waals surface area contributed by atoms with Gasteiger partial charge in [-0.3, -0.25) is 4.90 Å². The minimum absolute atomic E-state index is 0.678. The van der Waals surface area contributed by atoms with Crippen LogP contribution in [-0.2, 0) is 6.54 Å². The molecule has 106 valence electrons. The average molecular weight is 287 g/mol. The number of rotatable bonds is 3. The lowest BCUT2D eigenvalue weighted by atomic mass is 9.92. The summed E-state index contributed by atoms with van der Waals surface area (Å²) in [4.78, 5) is 7.95. The summed E-state index contributed by atoms with van der Waals surface area (Å²) in [6, 6.07) is 10.9. The molecule has 1 saturated heterocycles. The predicted octanol–water partition coefficient (Wildman–Crippen LogP) is 3.50. The number of aromatic nitrogens is 1. The van der Waals surface area contributed by atoms with Gasteiger partial charge in [-0.1, -0.05) is 30.3 Å². The SMILES string of the molecule is Nc1ncc(CN2CCCC(c3ccccc3)CC2)s1. The van der Waals surface area contributed by atoms with Crippen molar-refractivity contribution in [2.75, 3.05) is 18.8 Å². The van der Waals surface area contributed by atoms with Gasteiger partial charge in [0.05, 0.1) is 0 Å². The number of hydrogen-bond acceptors (Lipinski definition) is 4. The molecule has 20 heavy (non-hydrogen) atoms. The molecule has 1 aromatic carbocycles. The topological polar surface area (TPSA) is 42.1 Å². The highest BCUT2D eigenvalue weighted by atomic mass is 32.1. The molecule has 1 aliphatic rings. The second-order valence-electron chi connectivity index (χ2n) is 5.48. The van der Waals surface area contributed by atoms with Crippen molar-refractivity contribution in [3.05, 3.63) is 47.0 Å². The van der Waals surface area contributed by atoms with Gasteiger partial charge in [0.25, 0.3) is 0 Å². The summed E-state index contributed by atoms with van der Waals surface area (Å²) in [5, 5.41) is 0.678. The van der Waals surface area contributed by atoms with Gasteiger partial charge in [-0.25, -0.2) is 4.98 Å². The molecule has 2 aromatic rings. The Morgan fingerprint density at radius 1 is 1.20 bits per heavy atom. The number of nitrogen functional groups attached to an aromatic ring is 1. The molecule has 4 heteroatoms. The van der Waals surface area contributed by atoms with Crippen LogP contribution in [0.5, 0.6) is 0 Å². The molecular weight excluding hydrogens is 266 g/mol. The Morgan fingerprint density at radius 2 is 2.05 bits per heavy atom. The number of hydrogen-bond donors (Lipinski definition) is 1. The van der Waals surface area contributed by atoms with Crippen molar-refractivity contribution in [1.82, 2.24) is 9.88 Å². The summed E-state index contributed by atoms with van der Waals surface area (Å²) >= 11 is 1.61. The van der Waals surface area contributed by atoms with E-state index >= 15 is 0 Å². The van der Waals surface area contributed by atoms with Crippen LogP contribution in [-0.4, -0.2) is 23.0 Å². The highest BCUT2D eigenvalue weighted by molar-refractivity contribution is 7.15. The zero-order valence-corrected chi connectivity index (χ0v) is 12.5. The van der Waals surface area contributed by atoms with Gasteiger partial charge in [0.2, 0.25) is 0 Å². The molecule has 1 atom stereocenters. The molecule has 1 unspecified atom stereocenters. The molecule has 1 fully saturated rings. The molecule has 2 heterocycles. The van der Waals surface area contributed by atoms with Crippen LogP contribution < -0.4 is 5.73 Å². The van der Waals surface area contributed by atoms with E-state index in [2.05, 4.69) is 40.2 Å². The summed E-state index contributed by atoms with van der Waals surface area (Å²) in [7, 11) is 0. The van der Waals surface area contributed by atoms with Gasteiger partial charge in [0.15, 0.2) is 5.13 Å². The Bertz CT molecular complexity index is 538. The van der Waals surface area contributed by atoms with Crippen LogP contribution in [0, 0.1) is 0 Å². The molecule has 1 aliphatic heterocycles. The van der Waals surface area contributed by atoms with Gasteiger partial charge in [0.1, 0.15) is 0 Å². The minimum Gasteiger partial charge on any atom is -0.375 e. The first-order chi connectivity index (χ1) is 9.81. The van der Waals surface area contributed by atoms with E-state index in [1.165, 1.54) is 36.2 Å². The fourth-order valence-electron chi connectivity index (χ4n) is 2.99. The van der Waals surface area contributed by atoms with E-state index < -0.39 is 0 Å². The summed E-state index contributed by atoms with van der Waals surface area (Å²) in [5.41, 5.74) is 7.20. The first kappa shape index (κ1) is 13.6. The number of benzene rings is 1. The number of anilines is 1. The lowest BCUT2D eigenvalue weighted by Crippen LogP contribution is -2.23. The highest BCUT2D eigenvalue weighted by Crippen LogP contribution is 2.28. The van der Waals surface area contributed by atoms with E-state index in [0.29, 0.717) is 11.0 Å². The third-order valence-electron chi connectivity index (χ3n) is 4.04. The third-order valence-corrected chi connectivity index (χ3v) is 4.85. The molecular formula is C16H21N3S. The van der Waals surface area contributed by atoms with Crippen molar-refractivity contribution in [2.45, 2.75) is 31.7 Å². The maximum Gasteiger partial charge on any atom is 0.180 e. The fraction of sp³-hybridized carbons (Fsp3) is 0.438. The van der Waals surface area contributed by atoms with Crippen LogP contribution in [0.2, 0.25) is 0 Å². The van der Waals surface area contributed by atoms with Crippen molar-refractivity contribution in [2.24, 2.45) is 0 Å². The number of likely N-dealkylation sites (tertiary alicyclic amines) is 1. The summed E-state index contributed by atoms with van der Waals surface area (Å²) < 4.78 is 0. The zero-order valence-electron chi connectivity index (χ0n) is 11.7. The zero-order chi connectivity index (χ0) is 13.8. The molecule has 2 N–H and O–H groups in total. The smallest absolute Gasteiger partial charge is 0.180 e. The van der Waals surface area contributed by atoms with E-state index in [1.807, 2.05) is 6.20 Å². The van der Waals surface area contributed by atoms with Gasteiger partial charge in [0, 0.05) is 17.6 Å². The average Bonchev–Trinajstić information content (AvgIpc) is 2.74. The molecule has 0 aliphatic carbocycles. The molecule has 0 radical (unpaired) electrons. The normalized spacial score (nSPS) is 20.7. The monoisotopic (exact) mass is 287 g/mol. The summed E-state index contributed by atoms with van der Waals surface area (Å²) in [5.74, 6) is 0.715. The van der Waals surface area contributed by atoms with Crippen molar-refractivity contribution < 1.29 is 0 Å². The van der Waals surface area contributed by atoms with E-state index in [0.717, 1.165) is 13.1 Å². The Kier molecular flexibility index (Phi) is 4.33. The molecule has 3 rings (SSSR count). The maximum atomic E-state index is 5.70. The molecule has 0 saturated carbocycles. The van der Waals surface area contributed by atoms with Crippen LogP contribution in [0.4, 0.5) is 5.13 Å².